The molecule has 0 saturated heterocycles. The Morgan fingerprint density at radius 1 is 1.00 bits per heavy atom. The van der Waals surface area contributed by atoms with E-state index in [0.717, 1.165) is 39.6 Å². The van der Waals surface area contributed by atoms with Gasteiger partial charge < -0.3 is 19.8 Å². The van der Waals surface area contributed by atoms with Gasteiger partial charge in [-0.1, -0.05) is 49.7 Å². The lowest BCUT2D eigenvalue weighted by Gasteiger charge is -2.39. The zero-order valence-corrected chi connectivity index (χ0v) is 22.1. The smallest absolute Gasteiger partial charge is 0.255 e. The number of benzene rings is 3. The predicted octanol–water partition coefficient (Wildman–Crippen LogP) is 6.48. The number of phenols is 1. The lowest BCUT2D eigenvalue weighted by atomic mass is 10.1. The Hall–Kier alpha value is -3.05. The maximum absolute atomic E-state index is 13.0. The van der Waals surface area contributed by atoms with Crippen molar-refractivity contribution in [3.05, 3.63) is 66.2 Å². The molecule has 1 unspecified atom stereocenters. The molecule has 5 heteroatoms. The number of amides is 1. The van der Waals surface area contributed by atoms with Crippen LogP contribution < -0.4 is 10.2 Å². The van der Waals surface area contributed by atoms with Crippen LogP contribution in [0.4, 0.5) is 11.4 Å². The van der Waals surface area contributed by atoms with Crippen molar-refractivity contribution in [2.24, 2.45) is 0 Å². The third-order valence-electron chi connectivity index (χ3n) is 7.39. The molecule has 0 aliphatic heterocycles. The van der Waals surface area contributed by atoms with Gasteiger partial charge in [-0.2, -0.15) is 0 Å². The number of rotatable bonds is 12. The summed E-state index contributed by atoms with van der Waals surface area (Å²) >= 11 is 0. The Bertz CT molecular complexity index is 1120. The largest absolute Gasteiger partial charge is 0.507 e. The van der Waals surface area contributed by atoms with Crippen molar-refractivity contribution >= 4 is 28.1 Å². The number of nitrogens with one attached hydrogen (secondary N) is 1. The molecule has 0 aliphatic carbocycles. The number of fused-ring (bicyclic) bond motifs is 1. The van der Waals surface area contributed by atoms with Crippen molar-refractivity contribution in [2.45, 2.75) is 52.5 Å². The summed E-state index contributed by atoms with van der Waals surface area (Å²) < 4.78 is 1.02. The van der Waals surface area contributed by atoms with Gasteiger partial charge in [-0.15, -0.1) is 0 Å². The number of hydrogen-bond donors (Lipinski definition) is 2. The van der Waals surface area contributed by atoms with Crippen LogP contribution in [0.2, 0.25) is 0 Å². The van der Waals surface area contributed by atoms with E-state index >= 15 is 0 Å². The molecule has 0 heterocycles. The minimum absolute atomic E-state index is 0.0000599. The SMILES string of the molecule is CCCCC[N+](C)(CCCNC(=O)c1cc(N(C)c2cccc3ccccc23)ccc1O)C(C)C. The Kier molecular flexibility index (Phi) is 9.16. The maximum atomic E-state index is 13.0. The summed E-state index contributed by atoms with van der Waals surface area (Å²) in [6, 6.07) is 20.2. The van der Waals surface area contributed by atoms with Gasteiger partial charge in [0.15, 0.2) is 0 Å². The van der Waals surface area contributed by atoms with Crippen molar-refractivity contribution in [3.8, 4) is 5.75 Å². The molecular weight excluding hydrogens is 434 g/mol. The summed E-state index contributed by atoms with van der Waals surface area (Å²) in [5, 5.41) is 15.8. The minimum Gasteiger partial charge on any atom is -0.507 e. The number of phenolic OH excluding ortho intramolecular Hbond substituents is 1. The molecule has 0 spiro atoms. The van der Waals surface area contributed by atoms with Crippen LogP contribution >= 0.6 is 0 Å². The summed E-state index contributed by atoms with van der Waals surface area (Å²) in [6.45, 7) is 9.58. The summed E-state index contributed by atoms with van der Waals surface area (Å²) in [4.78, 5) is 15.0. The van der Waals surface area contributed by atoms with E-state index in [-0.39, 0.29) is 11.7 Å². The standard InChI is InChI=1S/C30H41N3O2/c1-6-7-10-20-33(5,23(2)3)21-12-19-31-30(35)27-22-25(17-18-29(27)34)32(4)28-16-11-14-24-13-8-9-15-26(24)28/h8-9,11,13-18,22-23H,6-7,10,12,19-21H2,1-5H3,(H-,31,34,35)/p+1. The van der Waals surface area contributed by atoms with E-state index < -0.39 is 0 Å². The molecule has 0 bridgehead atoms. The molecule has 3 aromatic rings. The third kappa shape index (κ3) is 6.55. The average Bonchev–Trinajstić information content (AvgIpc) is 2.86. The van der Waals surface area contributed by atoms with E-state index in [9.17, 15) is 9.90 Å². The van der Waals surface area contributed by atoms with Crippen LogP contribution in [0.3, 0.4) is 0 Å². The van der Waals surface area contributed by atoms with Gasteiger partial charge in [-0.25, -0.2) is 0 Å². The Labute approximate surface area is 211 Å². The zero-order valence-electron chi connectivity index (χ0n) is 22.1. The fraction of sp³-hybridized carbons (Fsp3) is 0.433. The summed E-state index contributed by atoms with van der Waals surface area (Å²) in [7, 11) is 4.31. The number of anilines is 2. The molecule has 1 amide bonds. The van der Waals surface area contributed by atoms with Gasteiger partial charge in [0.05, 0.1) is 31.7 Å². The Morgan fingerprint density at radius 3 is 2.46 bits per heavy atom. The van der Waals surface area contributed by atoms with Crippen LogP contribution in [-0.2, 0) is 0 Å². The number of aromatic hydroxyl groups is 1. The van der Waals surface area contributed by atoms with Crippen LogP contribution in [0.15, 0.2) is 60.7 Å². The summed E-state index contributed by atoms with van der Waals surface area (Å²) in [6.07, 6.45) is 4.64. The summed E-state index contributed by atoms with van der Waals surface area (Å²) in [5.41, 5.74) is 2.21. The summed E-state index contributed by atoms with van der Waals surface area (Å²) in [5.74, 6) is -0.236. The molecule has 5 nitrogen and oxygen atoms in total. The predicted molar refractivity (Wildman–Crippen MR) is 148 cm³/mol. The molecule has 0 saturated carbocycles. The van der Waals surface area contributed by atoms with Crippen LogP contribution in [0, 0.1) is 0 Å². The highest BCUT2D eigenvalue weighted by atomic mass is 16.3. The number of carbonyl (C=O) groups excluding carboxylic acids is 1. The first-order valence-corrected chi connectivity index (χ1v) is 12.9. The Balaban J connectivity index is 1.66. The first-order valence-electron chi connectivity index (χ1n) is 12.9. The second kappa shape index (κ2) is 12.1. The average molecular weight is 477 g/mol. The first-order chi connectivity index (χ1) is 16.8. The molecule has 0 aliphatic rings. The lowest BCUT2D eigenvalue weighted by molar-refractivity contribution is -0.930. The van der Waals surface area contributed by atoms with Gasteiger partial charge >= 0.3 is 0 Å². The van der Waals surface area contributed by atoms with Gasteiger partial charge in [0.2, 0.25) is 0 Å². The van der Waals surface area contributed by atoms with Crippen molar-refractivity contribution in [2.75, 3.05) is 38.6 Å². The highest BCUT2D eigenvalue weighted by Crippen LogP contribution is 2.33. The molecule has 0 fully saturated rings. The monoisotopic (exact) mass is 476 g/mol. The van der Waals surface area contributed by atoms with Gasteiger partial charge in [-0.3, -0.25) is 4.79 Å². The maximum Gasteiger partial charge on any atom is 0.255 e. The molecule has 3 aromatic carbocycles. The van der Waals surface area contributed by atoms with Gasteiger partial charge in [0.1, 0.15) is 5.75 Å². The van der Waals surface area contributed by atoms with E-state index in [2.05, 4.69) is 62.3 Å². The van der Waals surface area contributed by atoms with E-state index in [1.165, 1.54) is 25.8 Å². The zero-order chi connectivity index (χ0) is 25.4. The number of hydrogen-bond acceptors (Lipinski definition) is 3. The van der Waals surface area contributed by atoms with Crippen LogP contribution in [0.25, 0.3) is 10.8 Å². The van der Waals surface area contributed by atoms with Crippen molar-refractivity contribution < 1.29 is 14.4 Å². The van der Waals surface area contributed by atoms with E-state index in [4.69, 9.17) is 0 Å². The van der Waals surface area contributed by atoms with Crippen molar-refractivity contribution in [1.29, 1.82) is 0 Å². The van der Waals surface area contributed by atoms with E-state index in [1.807, 2.05) is 31.3 Å². The molecule has 0 radical (unpaired) electrons. The molecule has 1 atom stereocenters. The third-order valence-corrected chi connectivity index (χ3v) is 7.39. The molecule has 3 rings (SSSR count). The quantitative estimate of drug-likeness (QED) is 0.232. The fourth-order valence-corrected chi connectivity index (χ4v) is 4.64. The van der Waals surface area contributed by atoms with Crippen molar-refractivity contribution in [3.63, 3.8) is 0 Å². The second-order valence-electron chi connectivity index (χ2n) is 10.1. The van der Waals surface area contributed by atoms with Crippen LogP contribution in [-0.4, -0.2) is 55.3 Å². The van der Waals surface area contributed by atoms with Gasteiger partial charge in [0.25, 0.3) is 5.91 Å². The first kappa shape index (κ1) is 26.6. The highest BCUT2D eigenvalue weighted by Gasteiger charge is 2.25. The molecule has 0 aromatic heterocycles. The molecule has 35 heavy (non-hydrogen) atoms. The lowest BCUT2D eigenvalue weighted by Crippen LogP contribution is -2.51. The van der Waals surface area contributed by atoms with Gasteiger partial charge in [-0.05, 0) is 56.3 Å². The minimum atomic E-state index is -0.236. The fourth-order valence-electron chi connectivity index (χ4n) is 4.64. The molecule has 2 N–H and O–H groups in total. The van der Waals surface area contributed by atoms with Crippen LogP contribution in [0.1, 0.15) is 56.8 Å². The highest BCUT2D eigenvalue weighted by molar-refractivity contribution is 5.99. The molecule has 188 valence electrons. The molecular formula is C30H42N3O2+. The second-order valence-corrected chi connectivity index (χ2v) is 10.1. The number of quaternary nitrogens is 1. The van der Waals surface area contributed by atoms with Crippen LogP contribution in [0.5, 0.6) is 5.75 Å². The number of nitrogens with zero attached hydrogens (tertiary/aromatic N) is 2. The van der Waals surface area contributed by atoms with Crippen molar-refractivity contribution in [1.82, 2.24) is 5.32 Å². The van der Waals surface area contributed by atoms with Gasteiger partial charge in [0, 0.05) is 36.8 Å². The van der Waals surface area contributed by atoms with E-state index in [1.54, 1.807) is 12.1 Å². The normalized spacial score (nSPS) is 13.1. The Morgan fingerprint density at radius 2 is 1.71 bits per heavy atom. The topological polar surface area (TPSA) is 52.6 Å². The van der Waals surface area contributed by atoms with E-state index in [0.29, 0.717) is 18.2 Å². The number of carbonyl (C=O) groups is 1. The number of unbranched alkanes of at least 4 members (excludes halogenated alkanes) is 2.